The first kappa shape index (κ1) is 26.2. The van der Waals surface area contributed by atoms with Gasteiger partial charge >= 0.3 is 0 Å². The summed E-state index contributed by atoms with van der Waals surface area (Å²) in [5.41, 5.74) is 2.30. The van der Waals surface area contributed by atoms with Crippen LogP contribution in [0.25, 0.3) is 0 Å². The van der Waals surface area contributed by atoms with Crippen LogP contribution in [-0.4, -0.2) is 52.3 Å². The number of carbonyl (C=O) groups excluding carboxylic acids is 3. The van der Waals surface area contributed by atoms with Crippen LogP contribution in [0.15, 0.2) is 36.4 Å². The first-order chi connectivity index (χ1) is 16.4. The predicted molar refractivity (Wildman–Crippen MR) is 135 cm³/mol. The highest BCUT2D eigenvalue weighted by atomic mass is 32.2. The summed E-state index contributed by atoms with van der Waals surface area (Å²) in [6, 6.07) is 10.5. The van der Waals surface area contributed by atoms with Crippen LogP contribution < -0.4 is 25.0 Å². The van der Waals surface area contributed by atoms with E-state index < -0.39 is 33.9 Å². The Bertz CT molecular complexity index is 1160. The summed E-state index contributed by atoms with van der Waals surface area (Å²) in [7, 11) is -1.78. The minimum absolute atomic E-state index is 0.115. The molecule has 0 saturated carbocycles. The van der Waals surface area contributed by atoms with E-state index in [4.69, 9.17) is 9.47 Å². The SMILES string of the molecule is Cc1ccc(C)c(N(CC(=O)NC(C)(C)C)C(=O)C[S@](=O)CC(=O)Nc2ccc3c(c2)OCO3)c1. The molecule has 1 aliphatic rings. The number of hydrogen-bond acceptors (Lipinski definition) is 6. The van der Waals surface area contributed by atoms with Crippen molar-refractivity contribution in [3.63, 3.8) is 0 Å². The van der Waals surface area contributed by atoms with Crippen molar-refractivity contribution < 1.29 is 28.1 Å². The third kappa shape index (κ3) is 7.54. The Hall–Kier alpha value is -3.40. The van der Waals surface area contributed by atoms with Crippen molar-refractivity contribution in [2.45, 2.75) is 40.2 Å². The molecule has 3 rings (SSSR count). The highest BCUT2D eigenvalue weighted by Crippen LogP contribution is 2.34. The summed E-state index contributed by atoms with van der Waals surface area (Å²) >= 11 is 0. The summed E-state index contributed by atoms with van der Waals surface area (Å²) in [5.74, 6) is -1.01. The molecule has 9 nitrogen and oxygen atoms in total. The van der Waals surface area contributed by atoms with Gasteiger partial charge in [0.2, 0.25) is 24.5 Å². The molecule has 188 valence electrons. The van der Waals surface area contributed by atoms with Crippen molar-refractivity contribution in [2.24, 2.45) is 0 Å². The number of hydrogen-bond donors (Lipinski definition) is 2. The fourth-order valence-electron chi connectivity index (χ4n) is 3.50. The first-order valence-electron chi connectivity index (χ1n) is 11.1. The smallest absolute Gasteiger partial charge is 0.240 e. The molecule has 0 spiro atoms. The number of rotatable bonds is 8. The van der Waals surface area contributed by atoms with Gasteiger partial charge in [-0.2, -0.15) is 0 Å². The second kappa shape index (κ2) is 10.9. The van der Waals surface area contributed by atoms with Crippen LogP contribution in [0, 0.1) is 13.8 Å². The highest BCUT2D eigenvalue weighted by molar-refractivity contribution is 7.86. The monoisotopic (exact) mass is 501 g/mol. The lowest BCUT2D eigenvalue weighted by atomic mass is 10.1. The maximum absolute atomic E-state index is 13.2. The average Bonchev–Trinajstić information content (AvgIpc) is 3.20. The molecule has 2 N–H and O–H groups in total. The second-order valence-electron chi connectivity index (χ2n) is 9.41. The molecule has 1 aliphatic heterocycles. The number of ether oxygens (including phenoxy) is 2. The highest BCUT2D eigenvalue weighted by Gasteiger charge is 2.25. The van der Waals surface area contributed by atoms with Gasteiger partial charge < -0.3 is 25.0 Å². The minimum Gasteiger partial charge on any atom is -0.454 e. The lowest BCUT2D eigenvalue weighted by Crippen LogP contribution is -2.48. The number of nitrogens with zero attached hydrogens (tertiary/aromatic N) is 1. The molecule has 0 unspecified atom stereocenters. The van der Waals surface area contributed by atoms with E-state index in [2.05, 4.69) is 10.6 Å². The Balaban J connectivity index is 1.67. The predicted octanol–water partition coefficient (Wildman–Crippen LogP) is 2.67. The molecular formula is C25H31N3O6S. The van der Waals surface area contributed by atoms with Crippen molar-refractivity contribution >= 4 is 39.9 Å². The molecule has 0 bridgehead atoms. The van der Waals surface area contributed by atoms with E-state index in [9.17, 15) is 18.6 Å². The van der Waals surface area contributed by atoms with E-state index in [1.54, 1.807) is 18.2 Å². The summed E-state index contributed by atoms with van der Waals surface area (Å²) < 4.78 is 23.2. The van der Waals surface area contributed by atoms with Gasteiger partial charge in [0.15, 0.2) is 11.5 Å². The van der Waals surface area contributed by atoms with Crippen LogP contribution in [0.4, 0.5) is 11.4 Å². The summed E-state index contributed by atoms with van der Waals surface area (Å²) in [6.07, 6.45) is 0. The van der Waals surface area contributed by atoms with Gasteiger partial charge in [-0.25, -0.2) is 0 Å². The molecule has 35 heavy (non-hydrogen) atoms. The van der Waals surface area contributed by atoms with E-state index in [1.807, 2.05) is 52.8 Å². The first-order valence-corrected chi connectivity index (χ1v) is 12.6. The quantitative estimate of drug-likeness (QED) is 0.575. The number of fused-ring (bicyclic) bond motifs is 1. The number of benzene rings is 2. The van der Waals surface area contributed by atoms with E-state index in [-0.39, 0.29) is 25.0 Å². The van der Waals surface area contributed by atoms with Crippen molar-refractivity contribution in [1.82, 2.24) is 5.32 Å². The van der Waals surface area contributed by atoms with Gasteiger partial charge in [-0.1, -0.05) is 12.1 Å². The number of carbonyl (C=O) groups is 3. The topological polar surface area (TPSA) is 114 Å². The van der Waals surface area contributed by atoms with E-state index in [0.717, 1.165) is 11.1 Å². The Labute approximate surface area is 207 Å². The van der Waals surface area contributed by atoms with Crippen molar-refractivity contribution in [1.29, 1.82) is 0 Å². The molecule has 0 saturated heterocycles. The standard InChI is InChI=1S/C25H31N3O6S/c1-16-6-7-17(2)19(10-16)28(12-22(29)27-25(3,4)5)24(31)14-35(32)13-23(30)26-18-8-9-20-21(11-18)34-15-33-20/h6-11H,12-15H2,1-5H3,(H,26,30)(H,27,29)/t35-/m1/s1. The molecule has 10 heteroatoms. The zero-order valence-corrected chi connectivity index (χ0v) is 21.4. The summed E-state index contributed by atoms with van der Waals surface area (Å²) in [6.45, 7) is 9.17. The van der Waals surface area contributed by atoms with Crippen molar-refractivity contribution in [2.75, 3.05) is 35.1 Å². The average molecular weight is 502 g/mol. The fraction of sp³-hybridized carbons (Fsp3) is 0.400. The molecule has 0 aliphatic carbocycles. The van der Waals surface area contributed by atoms with Gasteiger partial charge in [0.25, 0.3) is 0 Å². The Morgan fingerprint density at radius 2 is 1.69 bits per heavy atom. The molecule has 3 amide bonds. The molecule has 0 aromatic heterocycles. The van der Waals surface area contributed by atoms with Crippen LogP contribution >= 0.6 is 0 Å². The fourth-order valence-corrected chi connectivity index (χ4v) is 4.40. The number of aryl methyl sites for hydroxylation is 2. The minimum atomic E-state index is -1.78. The third-order valence-electron chi connectivity index (χ3n) is 5.01. The van der Waals surface area contributed by atoms with E-state index in [1.165, 1.54) is 4.90 Å². The van der Waals surface area contributed by atoms with E-state index in [0.29, 0.717) is 22.9 Å². The van der Waals surface area contributed by atoms with Crippen LogP contribution in [-0.2, 0) is 25.2 Å². The normalized spacial score (nSPS) is 13.2. The van der Waals surface area contributed by atoms with Crippen LogP contribution in [0.2, 0.25) is 0 Å². The van der Waals surface area contributed by atoms with Gasteiger partial charge in [0.05, 0.1) is 0 Å². The number of anilines is 2. The number of nitrogens with one attached hydrogen (secondary N) is 2. The molecule has 1 heterocycles. The van der Waals surface area contributed by atoms with Gasteiger partial charge in [-0.15, -0.1) is 0 Å². The van der Waals surface area contributed by atoms with Gasteiger partial charge in [0, 0.05) is 33.8 Å². The van der Waals surface area contributed by atoms with Crippen molar-refractivity contribution in [3.8, 4) is 11.5 Å². The van der Waals surface area contributed by atoms with Gasteiger partial charge in [-0.3, -0.25) is 18.6 Å². The summed E-state index contributed by atoms with van der Waals surface area (Å²) in [5, 5.41) is 5.50. The third-order valence-corrected chi connectivity index (χ3v) is 6.16. The zero-order chi connectivity index (χ0) is 25.8. The lowest BCUT2D eigenvalue weighted by molar-refractivity contribution is -0.124. The van der Waals surface area contributed by atoms with Crippen molar-refractivity contribution in [3.05, 3.63) is 47.5 Å². The Kier molecular flexibility index (Phi) is 8.16. The maximum Gasteiger partial charge on any atom is 0.240 e. The molecule has 0 radical (unpaired) electrons. The van der Waals surface area contributed by atoms with E-state index >= 15 is 0 Å². The largest absolute Gasteiger partial charge is 0.454 e. The molecule has 1 atom stereocenters. The van der Waals surface area contributed by atoms with Gasteiger partial charge in [0.1, 0.15) is 18.1 Å². The summed E-state index contributed by atoms with van der Waals surface area (Å²) in [4.78, 5) is 39.5. The van der Waals surface area contributed by atoms with Gasteiger partial charge in [-0.05, 0) is 63.9 Å². The molecule has 2 aromatic rings. The Morgan fingerprint density at radius 3 is 2.40 bits per heavy atom. The maximum atomic E-state index is 13.2. The zero-order valence-electron chi connectivity index (χ0n) is 20.6. The molecule has 0 fully saturated rings. The number of amides is 3. The molecular weight excluding hydrogens is 470 g/mol. The van der Waals surface area contributed by atoms with Crippen LogP contribution in [0.5, 0.6) is 11.5 Å². The molecule has 2 aromatic carbocycles. The lowest BCUT2D eigenvalue weighted by Gasteiger charge is -2.27. The van der Waals surface area contributed by atoms with Crippen LogP contribution in [0.3, 0.4) is 0 Å². The van der Waals surface area contributed by atoms with Crippen LogP contribution in [0.1, 0.15) is 31.9 Å². The second-order valence-corrected chi connectivity index (χ2v) is 10.9. The Morgan fingerprint density at radius 1 is 0.971 bits per heavy atom.